The van der Waals surface area contributed by atoms with Crippen molar-refractivity contribution in [3.8, 4) is 17.2 Å². The Morgan fingerprint density at radius 2 is 1.67 bits per heavy atom. The van der Waals surface area contributed by atoms with Crippen LogP contribution in [0.25, 0.3) is 6.08 Å². The predicted molar refractivity (Wildman–Crippen MR) is 157 cm³/mol. The molecule has 0 aliphatic carbocycles. The Morgan fingerprint density at radius 3 is 2.30 bits per heavy atom. The first kappa shape index (κ1) is 31.3. The molecule has 1 saturated heterocycles. The van der Waals surface area contributed by atoms with Gasteiger partial charge in [-0.05, 0) is 61.2 Å². The van der Waals surface area contributed by atoms with Gasteiger partial charge in [0, 0.05) is 6.08 Å². The molecular weight excluding hydrogens is 554 g/mol. The van der Waals surface area contributed by atoms with Crippen LogP contribution in [0.4, 0.5) is 0 Å². The molecule has 0 saturated carbocycles. The summed E-state index contributed by atoms with van der Waals surface area (Å²) in [6.45, 7) is 8.96. The van der Waals surface area contributed by atoms with Crippen molar-refractivity contribution in [2.24, 2.45) is 17.8 Å². The van der Waals surface area contributed by atoms with Crippen LogP contribution in [-0.2, 0) is 24.0 Å². The average molecular weight is 592 g/mol. The molecule has 0 aromatic heterocycles. The lowest BCUT2D eigenvalue weighted by molar-refractivity contribution is -0.137. The van der Waals surface area contributed by atoms with Crippen molar-refractivity contribution in [2.45, 2.75) is 59.2 Å². The number of fused-ring (bicyclic) bond motifs is 1. The minimum absolute atomic E-state index is 0.0288. The molecule has 0 radical (unpaired) electrons. The van der Waals surface area contributed by atoms with Crippen LogP contribution in [0, 0.1) is 17.8 Å². The third-order valence-electron chi connectivity index (χ3n) is 7.22. The van der Waals surface area contributed by atoms with E-state index in [0.29, 0.717) is 22.8 Å². The maximum absolute atomic E-state index is 13.3. The monoisotopic (exact) mass is 591 g/mol. The van der Waals surface area contributed by atoms with Gasteiger partial charge in [0.25, 0.3) is 0 Å². The summed E-state index contributed by atoms with van der Waals surface area (Å²) in [5, 5.41) is 7.80. The highest BCUT2D eigenvalue weighted by atomic mass is 16.7. The zero-order valence-electron chi connectivity index (χ0n) is 24.8. The summed E-state index contributed by atoms with van der Waals surface area (Å²) < 4.78 is 16.4. The highest BCUT2D eigenvalue weighted by Crippen LogP contribution is 2.33. The maximum Gasteiger partial charge on any atom is 0.244 e. The molecule has 2 aliphatic heterocycles. The average Bonchev–Trinajstić information content (AvgIpc) is 3.52. The van der Waals surface area contributed by atoms with Crippen LogP contribution in [0.3, 0.4) is 0 Å². The van der Waals surface area contributed by atoms with Gasteiger partial charge in [0.2, 0.25) is 30.4 Å². The number of carbonyl (C=O) groups excluding carboxylic acids is 5. The minimum atomic E-state index is -1.18. The summed E-state index contributed by atoms with van der Waals surface area (Å²) in [6.07, 6.45) is 2.77. The molecule has 11 heteroatoms. The first-order valence-electron chi connectivity index (χ1n) is 14.3. The van der Waals surface area contributed by atoms with Gasteiger partial charge in [-0.3, -0.25) is 29.3 Å². The van der Waals surface area contributed by atoms with Crippen LogP contribution in [0.1, 0.15) is 58.2 Å². The van der Waals surface area contributed by atoms with E-state index in [-0.39, 0.29) is 25.2 Å². The molecule has 2 heterocycles. The molecule has 3 N–H and O–H groups in total. The second-order valence-corrected chi connectivity index (χ2v) is 11.3. The molecule has 1 unspecified atom stereocenters. The Labute approximate surface area is 250 Å². The smallest absolute Gasteiger partial charge is 0.244 e. The van der Waals surface area contributed by atoms with Crippen molar-refractivity contribution in [3.05, 3.63) is 59.7 Å². The zero-order chi connectivity index (χ0) is 31.3. The Hall–Kier alpha value is -4.67. The number of benzene rings is 2. The third-order valence-corrected chi connectivity index (χ3v) is 7.22. The van der Waals surface area contributed by atoms with Gasteiger partial charge in [-0.25, -0.2) is 0 Å². The number of Topliss-reactive ketones (excluding diaryl/α,β-unsaturated/α-hetero) is 1. The molecule has 228 valence electrons. The highest BCUT2D eigenvalue weighted by Gasteiger charge is 2.46. The highest BCUT2D eigenvalue weighted by molar-refractivity contribution is 6.16. The lowest BCUT2D eigenvalue weighted by Gasteiger charge is -2.26. The van der Waals surface area contributed by atoms with Gasteiger partial charge in [-0.2, -0.15) is 0 Å². The fraction of sp³-hybridized carbons (Fsp3) is 0.406. The molecule has 0 spiro atoms. The standard InChI is InChI=1S/C32H37N3O8/c1-17(2)29(30(38)28-19(5)31(39)35-32(28)40)34-27(37)15-23(21-8-10-22(11-9-21)43-18(3)4)33-26(36)13-7-20-6-12-24-25(14-20)42-16-41-24/h6-14,17-19,23,28-29H,15-16H2,1-5H3,(H,33,36)(H,34,37)(H,35,39,40)/b13-7+/t19-,23?,28+,29-/m0/s1. The maximum atomic E-state index is 13.3. The van der Waals surface area contributed by atoms with E-state index in [1.54, 1.807) is 62.4 Å². The van der Waals surface area contributed by atoms with Crippen LogP contribution < -0.4 is 30.2 Å². The van der Waals surface area contributed by atoms with E-state index in [0.717, 1.165) is 5.56 Å². The molecule has 2 aliphatic rings. The summed E-state index contributed by atoms with van der Waals surface area (Å²) in [5.74, 6) is -3.14. The number of carbonyl (C=O) groups is 5. The largest absolute Gasteiger partial charge is 0.491 e. The molecule has 4 amide bonds. The quantitative estimate of drug-likeness (QED) is 0.194. The van der Waals surface area contributed by atoms with E-state index in [1.807, 2.05) is 13.8 Å². The third kappa shape index (κ3) is 7.79. The second-order valence-electron chi connectivity index (χ2n) is 11.3. The summed E-state index contributed by atoms with van der Waals surface area (Å²) in [5.41, 5.74) is 1.38. The number of imide groups is 1. The van der Waals surface area contributed by atoms with Crippen molar-refractivity contribution >= 4 is 35.5 Å². The Kier molecular flexibility index (Phi) is 9.84. The number of nitrogens with one attached hydrogen (secondary N) is 3. The fourth-order valence-corrected chi connectivity index (χ4v) is 4.96. The number of amides is 4. The fourth-order valence-electron chi connectivity index (χ4n) is 4.96. The lowest BCUT2D eigenvalue weighted by Crippen LogP contribution is -2.49. The number of ether oxygens (including phenoxy) is 3. The van der Waals surface area contributed by atoms with E-state index < -0.39 is 53.3 Å². The van der Waals surface area contributed by atoms with Gasteiger partial charge in [0.05, 0.1) is 30.5 Å². The number of ketones is 1. The molecule has 11 nitrogen and oxygen atoms in total. The van der Waals surface area contributed by atoms with E-state index >= 15 is 0 Å². The lowest BCUT2D eigenvalue weighted by atomic mass is 9.85. The van der Waals surface area contributed by atoms with Crippen LogP contribution >= 0.6 is 0 Å². The van der Waals surface area contributed by atoms with E-state index in [4.69, 9.17) is 14.2 Å². The SMILES string of the molecule is CC(C)Oc1ccc(C(CC(=O)N[C@H](C(=O)[C@@H]2C(=O)NC(=O)[C@H]2C)C(C)C)NC(=O)/C=C/c2ccc3c(c2)OCO3)cc1. The molecule has 4 rings (SSSR count). The zero-order valence-corrected chi connectivity index (χ0v) is 24.8. The molecule has 2 aromatic rings. The molecule has 1 fully saturated rings. The molecule has 2 aromatic carbocycles. The Balaban J connectivity index is 1.50. The van der Waals surface area contributed by atoms with Gasteiger partial charge in [-0.1, -0.05) is 39.0 Å². The summed E-state index contributed by atoms with van der Waals surface area (Å²) in [7, 11) is 0. The van der Waals surface area contributed by atoms with Gasteiger partial charge >= 0.3 is 0 Å². The summed E-state index contributed by atoms with van der Waals surface area (Å²) >= 11 is 0. The first-order chi connectivity index (χ1) is 20.4. The van der Waals surface area contributed by atoms with E-state index in [9.17, 15) is 24.0 Å². The van der Waals surface area contributed by atoms with Crippen molar-refractivity contribution in [3.63, 3.8) is 0 Å². The van der Waals surface area contributed by atoms with Crippen LogP contribution in [0.15, 0.2) is 48.5 Å². The normalized spacial score (nSPS) is 19.0. The number of hydrogen-bond donors (Lipinski definition) is 3. The second kappa shape index (κ2) is 13.5. The van der Waals surface area contributed by atoms with Crippen LogP contribution in [0.2, 0.25) is 0 Å². The Morgan fingerprint density at radius 1 is 0.977 bits per heavy atom. The van der Waals surface area contributed by atoms with Crippen LogP contribution in [-0.4, -0.2) is 48.4 Å². The minimum Gasteiger partial charge on any atom is -0.491 e. The molecular formula is C32H37N3O8. The topological polar surface area (TPSA) is 149 Å². The van der Waals surface area contributed by atoms with E-state index in [1.165, 1.54) is 13.0 Å². The van der Waals surface area contributed by atoms with Crippen molar-refractivity contribution in [2.75, 3.05) is 6.79 Å². The van der Waals surface area contributed by atoms with Gasteiger partial charge in [0.15, 0.2) is 17.3 Å². The predicted octanol–water partition coefficient (Wildman–Crippen LogP) is 3.08. The van der Waals surface area contributed by atoms with Crippen molar-refractivity contribution in [1.82, 2.24) is 16.0 Å². The van der Waals surface area contributed by atoms with Gasteiger partial charge < -0.3 is 24.8 Å². The number of hydrogen-bond acceptors (Lipinski definition) is 8. The summed E-state index contributed by atoms with van der Waals surface area (Å²) in [4.78, 5) is 63.9. The Bertz CT molecular complexity index is 1420. The van der Waals surface area contributed by atoms with Gasteiger partial charge in [0.1, 0.15) is 11.7 Å². The number of rotatable bonds is 12. The molecule has 43 heavy (non-hydrogen) atoms. The van der Waals surface area contributed by atoms with Crippen molar-refractivity contribution in [1.29, 1.82) is 0 Å². The summed E-state index contributed by atoms with van der Waals surface area (Å²) in [6, 6.07) is 10.6. The van der Waals surface area contributed by atoms with E-state index in [2.05, 4.69) is 16.0 Å². The molecule has 0 bridgehead atoms. The van der Waals surface area contributed by atoms with Crippen LogP contribution in [0.5, 0.6) is 17.2 Å². The van der Waals surface area contributed by atoms with Crippen molar-refractivity contribution < 1.29 is 38.2 Å². The first-order valence-corrected chi connectivity index (χ1v) is 14.3. The van der Waals surface area contributed by atoms with Gasteiger partial charge in [-0.15, -0.1) is 0 Å². The molecule has 4 atom stereocenters.